The van der Waals surface area contributed by atoms with Crippen molar-refractivity contribution in [1.82, 2.24) is 0 Å². The third kappa shape index (κ3) is 3.36. The fourth-order valence-corrected chi connectivity index (χ4v) is 9.37. The normalized spacial score (nSPS) is 38.9. The van der Waals surface area contributed by atoms with Crippen LogP contribution in [0.1, 0.15) is 38.5 Å². The van der Waals surface area contributed by atoms with E-state index < -0.39 is 10.8 Å². The lowest BCUT2D eigenvalue weighted by Crippen LogP contribution is -2.44. The summed E-state index contributed by atoms with van der Waals surface area (Å²) in [7, 11) is -0.628. The van der Waals surface area contributed by atoms with Crippen LogP contribution in [-0.2, 0) is 10.8 Å². The van der Waals surface area contributed by atoms with Gasteiger partial charge in [0.2, 0.25) is 0 Å². The monoisotopic (exact) mass is 314 g/mol. The highest BCUT2D eigenvalue weighted by Gasteiger charge is 2.47. The van der Waals surface area contributed by atoms with E-state index >= 15 is 0 Å². The molecule has 4 aliphatic rings. The van der Waals surface area contributed by atoms with E-state index in [1.54, 1.807) is 0 Å². The molecule has 19 heavy (non-hydrogen) atoms. The average molecular weight is 315 g/mol. The van der Waals surface area contributed by atoms with E-state index in [0.29, 0.717) is 11.8 Å². The molecule has 3 aliphatic heterocycles. The molecule has 0 aromatic rings. The van der Waals surface area contributed by atoms with Crippen molar-refractivity contribution in [3.63, 3.8) is 0 Å². The van der Waals surface area contributed by atoms with Crippen molar-refractivity contribution in [2.24, 2.45) is 17.8 Å². The van der Waals surface area contributed by atoms with E-state index in [4.69, 9.17) is 6.42 Å². The summed E-state index contributed by atoms with van der Waals surface area (Å²) in [5.74, 6) is 8.45. The number of hydrogen-bond acceptors (Lipinski definition) is 3. The molecule has 0 N–H and O–H groups in total. The molecule has 0 radical (unpaired) electrons. The lowest BCUT2D eigenvalue weighted by Gasteiger charge is -2.44. The van der Waals surface area contributed by atoms with Crippen molar-refractivity contribution >= 4 is 34.3 Å². The molecule has 0 aromatic carbocycles. The minimum absolute atomic E-state index is 0.0213. The Morgan fingerprint density at radius 1 is 1.37 bits per heavy atom. The van der Waals surface area contributed by atoms with E-state index in [0.717, 1.165) is 30.9 Å². The Hall–Kier alpha value is 0.410. The lowest BCUT2D eigenvalue weighted by atomic mass is 9.97. The van der Waals surface area contributed by atoms with E-state index in [1.807, 2.05) is 23.5 Å². The van der Waals surface area contributed by atoms with Gasteiger partial charge in [-0.2, -0.15) is 0 Å². The van der Waals surface area contributed by atoms with Crippen molar-refractivity contribution < 1.29 is 4.21 Å². The van der Waals surface area contributed by atoms with Gasteiger partial charge in [-0.15, -0.1) is 35.9 Å². The Morgan fingerprint density at radius 2 is 2.11 bits per heavy atom. The molecule has 0 amide bonds. The molecular formula is C15H22OS3. The zero-order chi connectivity index (χ0) is 13.3. The van der Waals surface area contributed by atoms with Crippen molar-refractivity contribution in [3.05, 3.63) is 0 Å². The molecule has 106 valence electrons. The van der Waals surface area contributed by atoms with E-state index in [9.17, 15) is 4.21 Å². The van der Waals surface area contributed by atoms with Crippen molar-refractivity contribution in [1.29, 1.82) is 0 Å². The van der Waals surface area contributed by atoms with Crippen LogP contribution in [0, 0.1) is 30.1 Å². The Labute approximate surface area is 127 Å². The molecule has 4 fully saturated rings. The quantitative estimate of drug-likeness (QED) is 0.696. The van der Waals surface area contributed by atoms with Gasteiger partial charge in [0.1, 0.15) is 3.41 Å². The summed E-state index contributed by atoms with van der Waals surface area (Å²) in [6.07, 6.45) is 13.0. The standard InChI is InChI=1S/C15H22OS3/c1-2-12(8-13-5-6-13)4-3-7-15-17-9-14(10-18-15)11-19(15)16/h1,12-14H,3-11H2. The molecule has 4 heteroatoms. The first-order chi connectivity index (χ1) is 9.22. The Kier molecular flexibility index (Phi) is 4.56. The summed E-state index contributed by atoms with van der Waals surface area (Å²) in [6, 6.07) is 0. The van der Waals surface area contributed by atoms with Crippen LogP contribution in [0.5, 0.6) is 0 Å². The fraction of sp³-hybridized carbons (Fsp3) is 0.867. The number of rotatable bonds is 6. The molecule has 3 heterocycles. The van der Waals surface area contributed by atoms with Gasteiger partial charge in [0.15, 0.2) is 0 Å². The Bertz CT molecular complexity index is 389. The van der Waals surface area contributed by atoms with Crippen LogP contribution in [0.4, 0.5) is 0 Å². The van der Waals surface area contributed by atoms with Gasteiger partial charge >= 0.3 is 0 Å². The first-order valence-corrected chi connectivity index (χ1v) is 10.6. The van der Waals surface area contributed by atoms with Crippen LogP contribution >= 0.6 is 23.5 Å². The molecule has 4 rings (SSSR count). The van der Waals surface area contributed by atoms with Gasteiger partial charge in [0, 0.05) is 34.0 Å². The summed E-state index contributed by atoms with van der Waals surface area (Å²) in [5, 5.41) is 0. The topological polar surface area (TPSA) is 17.1 Å². The average Bonchev–Trinajstić information content (AvgIpc) is 3.23. The maximum atomic E-state index is 12.3. The molecule has 2 atom stereocenters. The molecule has 3 saturated heterocycles. The minimum Gasteiger partial charge on any atom is -0.257 e. The highest BCUT2D eigenvalue weighted by atomic mass is 32.3. The third-order valence-electron chi connectivity index (χ3n) is 4.40. The second-order valence-corrected chi connectivity index (χ2v) is 11.3. The van der Waals surface area contributed by atoms with E-state index in [2.05, 4.69) is 5.92 Å². The first-order valence-electron chi connectivity index (χ1n) is 7.34. The number of fused-ring (bicyclic) bond motifs is 3. The van der Waals surface area contributed by atoms with Gasteiger partial charge in [0.25, 0.3) is 0 Å². The predicted octanol–water partition coefficient (Wildman–Crippen LogP) is 3.72. The second kappa shape index (κ2) is 6.03. The molecular weight excluding hydrogens is 292 g/mol. The maximum absolute atomic E-state index is 12.3. The zero-order valence-electron chi connectivity index (χ0n) is 11.3. The SMILES string of the molecule is C#CC(CCCC12SCC(CS1)CS2=O)CC1CC1. The largest absolute Gasteiger partial charge is 0.257 e. The van der Waals surface area contributed by atoms with Crippen LogP contribution in [-0.4, -0.2) is 24.9 Å². The summed E-state index contributed by atoms with van der Waals surface area (Å²) in [6.45, 7) is 0. The van der Waals surface area contributed by atoms with Crippen LogP contribution in [0.15, 0.2) is 0 Å². The minimum atomic E-state index is -0.628. The summed E-state index contributed by atoms with van der Waals surface area (Å²) >= 11 is 3.93. The van der Waals surface area contributed by atoms with Gasteiger partial charge in [-0.1, -0.05) is 12.8 Å². The molecule has 1 aliphatic carbocycles. The highest BCUT2D eigenvalue weighted by molar-refractivity contribution is 8.30. The van der Waals surface area contributed by atoms with Crippen molar-refractivity contribution in [2.45, 2.75) is 41.9 Å². The first kappa shape index (κ1) is 14.4. The Balaban J connectivity index is 1.48. The number of thioether (sulfide) groups is 2. The zero-order valence-corrected chi connectivity index (χ0v) is 13.8. The fourth-order valence-electron chi connectivity index (χ4n) is 3.00. The van der Waals surface area contributed by atoms with Crippen LogP contribution in [0.3, 0.4) is 0 Å². The maximum Gasteiger partial charge on any atom is 0.136 e. The van der Waals surface area contributed by atoms with Crippen LogP contribution in [0.25, 0.3) is 0 Å². The summed E-state index contributed by atoms with van der Waals surface area (Å²) in [5.41, 5.74) is 0. The Morgan fingerprint density at radius 3 is 2.68 bits per heavy atom. The second-order valence-electron chi connectivity index (χ2n) is 6.12. The predicted molar refractivity (Wildman–Crippen MR) is 87.7 cm³/mol. The molecule has 0 aromatic heterocycles. The van der Waals surface area contributed by atoms with Crippen LogP contribution in [0.2, 0.25) is 0 Å². The van der Waals surface area contributed by atoms with Crippen LogP contribution < -0.4 is 0 Å². The van der Waals surface area contributed by atoms with Gasteiger partial charge < -0.3 is 0 Å². The summed E-state index contributed by atoms with van der Waals surface area (Å²) < 4.78 is 12.4. The van der Waals surface area contributed by atoms with Gasteiger partial charge in [-0.3, -0.25) is 4.21 Å². The molecule has 1 nitrogen and oxygen atoms in total. The molecule has 1 saturated carbocycles. The van der Waals surface area contributed by atoms with E-state index in [1.165, 1.54) is 30.8 Å². The number of hydrogen-bond donors (Lipinski definition) is 0. The molecule has 2 bridgehead atoms. The summed E-state index contributed by atoms with van der Waals surface area (Å²) in [4.78, 5) is 0. The molecule has 2 unspecified atom stereocenters. The highest BCUT2D eigenvalue weighted by Crippen LogP contribution is 2.54. The molecule has 0 spiro atoms. The van der Waals surface area contributed by atoms with Gasteiger partial charge in [0.05, 0.1) is 0 Å². The van der Waals surface area contributed by atoms with Gasteiger partial charge in [-0.05, 0) is 37.5 Å². The lowest BCUT2D eigenvalue weighted by molar-refractivity contribution is 0.497. The smallest absolute Gasteiger partial charge is 0.136 e. The van der Waals surface area contributed by atoms with E-state index in [-0.39, 0.29) is 3.41 Å². The third-order valence-corrected chi connectivity index (χ3v) is 11.2. The number of terminal acetylenes is 1. The van der Waals surface area contributed by atoms with Crippen molar-refractivity contribution in [3.8, 4) is 12.3 Å². The van der Waals surface area contributed by atoms with Gasteiger partial charge in [-0.25, -0.2) is 0 Å². The van der Waals surface area contributed by atoms with Crippen molar-refractivity contribution in [2.75, 3.05) is 17.3 Å².